The fourth-order valence-corrected chi connectivity index (χ4v) is 4.22. The Bertz CT molecular complexity index is 1480. The number of nitrogens with zero attached hydrogens (tertiary/aromatic N) is 5. The van der Waals surface area contributed by atoms with Gasteiger partial charge < -0.3 is 10.2 Å². The second kappa shape index (κ2) is 8.83. The molecule has 8 heteroatoms. The first-order valence-corrected chi connectivity index (χ1v) is 11.2. The lowest BCUT2D eigenvalue weighted by molar-refractivity contribution is 0.0751. The zero-order chi connectivity index (χ0) is 23.6. The molecule has 0 fully saturated rings. The molecular formula is C27H21N7O. The number of H-pyrrole nitrogens is 1. The molecule has 2 aromatic carbocycles. The second-order valence-electron chi connectivity index (χ2n) is 8.34. The molecule has 0 aliphatic carbocycles. The molecule has 1 amide bonds. The van der Waals surface area contributed by atoms with E-state index in [0.717, 1.165) is 33.5 Å². The van der Waals surface area contributed by atoms with Gasteiger partial charge in [-0.05, 0) is 53.1 Å². The summed E-state index contributed by atoms with van der Waals surface area (Å²) in [6, 6.07) is 19.6. The molecule has 5 aromatic rings. The average Bonchev–Trinajstić information content (AvgIpc) is 3.59. The lowest BCUT2D eigenvalue weighted by atomic mass is 10.1. The van der Waals surface area contributed by atoms with Gasteiger partial charge >= 0.3 is 0 Å². The van der Waals surface area contributed by atoms with Gasteiger partial charge in [-0.2, -0.15) is 5.10 Å². The average molecular weight is 460 g/mol. The number of nitrogens with one attached hydrogen (secondary N) is 2. The summed E-state index contributed by atoms with van der Waals surface area (Å²) in [7, 11) is 0. The third-order valence-corrected chi connectivity index (χ3v) is 6.05. The number of hydrogen-bond donors (Lipinski definition) is 2. The number of amides is 1. The van der Waals surface area contributed by atoms with Gasteiger partial charge in [0, 0.05) is 60.3 Å². The number of rotatable bonds is 5. The number of benzene rings is 2. The van der Waals surface area contributed by atoms with Crippen LogP contribution < -0.4 is 5.32 Å². The molecule has 170 valence electrons. The van der Waals surface area contributed by atoms with Crippen molar-refractivity contribution in [2.75, 3.05) is 5.32 Å². The van der Waals surface area contributed by atoms with Crippen molar-refractivity contribution in [2.24, 2.45) is 0 Å². The number of pyridine rings is 1. The highest BCUT2D eigenvalue weighted by molar-refractivity contribution is 5.94. The number of aromatic nitrogens is 5. The van der Waals surface area contributed by atoms with E-state index in [2.05, 4.69) is 37.6 Å². The third kappa shape index (κ3) is 4.24. The van der Waals surface area contributed by atoms with E-state index in [1.165, 1.54) is 0 Å². The molecule has 0 atom stereocenters. The van der Waals surface area contributed by atoms with E-state index in [9.17, 15) is 4.79 Å². The molecular weight excluding hydrogens is 438 g/mol. The van der Waals surface area contributed by atoms with Crippen LogP contribution in [0, 0.1) is 0 Å². The molecule has 0 spiro atoms. The van der Waals surface area contributed by atoms with E-state index >= 15 is 0 Å². The minimum atomic E-state index is 0.00591. The molecule has 0 saturated carbocycles. The lowest BCUT2D eigenvalue weighted by Crippen LogP contribution is -2.25. The fourth-order valence-electron chi connectivity index (χ4n) is 4.22. The van der Waals surface area contributed by atoms with E-state index in [0.29, 0.717) is 30.3 Å². The Kier molecular flexibility index (Phi) is 5.23. The third-order valence-electron chi connectivity index (χ3n) is 6.05. The van der Waals surface area contributed by atoms with Gasteiger partial charge in [-0.3, -0.25) is 14.9 Å². The maximum absolute atomic E-state index is 12.8. The Morgan fingerprint density at radius 1 is 0.857 bits per heavy atom. The van der Waals surface area contributed by atoms with Crippen LogP contribution in [0.15, 0.2) is 91.6 Å². The molecule has 0 bridgehead atoms. The molecule has 1 aliphatic heterocycles. The quantitative estimate of drug-likeness (QED) is 0.391. The maximum atomic E-state index is 12.8. The van der Waals surface area contributed by atoms with Crippen molar-refractivity contribution in [3.05, 3.63) is 108 Å². The highest BCUT2D eigenvalue weighted by atomic mass is 16.2. The predicted octanol–water partition coefficient (Wildman–Crippen LogP) is 4.83. The minimum Gasteiger partial charge on any atom is -0.340 e. The van der Waals surface area contributed by atoms with Crippen LogP contribution in [0.2, 0.25) is 0 Å². The molecule has 35 heavy (non-hydrogen) atoms. The topological polar surface area (TPSA) is 99.7 Å². The first kappa shape index (κ1) is 20.7. The summed E-state index contributed by atoms with van der Waals surface area (Å²) in [5.74, 6) is 1.35. The largest absolute Gasteiger partial charge is 0.340 e. The summed E-state index contributed by atoms with van der Waals surface area (Å²) in [6.45, 7) is 1.15. The molecule has 0 saturated heterocycles. The van der Waals surface area contributed by atoms with Crippen LogP contribution in [0.3, 0.4) is 0 Å². The van der Waals surface area contributed by atoms with Gasteiger partial charge in [0.2, 0.25) is 0 Å². The maximum Gasteiger partial charge on any atom is 0.254 e. The summed E-state index contributed by atoms with van der Waals surface area (Å²) < 4.78 is 0. The first-order chi connectivity index (χ1) is 17.2. The van der Waals surface area contributed by atoms with Gasteiger partial charge in [0.1, 0.15) is 5.82 Å². The Morgan fingerprint density at radius 3 is 2.46 bits per heavy atom. The molecule has 6 rings (SSSR count). The van der Waals surface area contributed by atoms with Gasteiger partial charge in [0.25, 0.3) is 5.91 Å². The standard InChI is InChI=1S/C27H21N7O/c35-27(19-7-10-28-11-8-19)34-16-21-2-1-20(13-22(21)17-34)26-29-12-9-25(33-26)32-24-5-3-18(4-6-24)23-14-30-31-15-23/h1-15H,16-17H2,(H,30,31)(H,29,32,33). The smallest absolute Gasteiger partial charge is 0.254 e. The van der Waals surface area contributed by atoms with E-state index in [1.807, 2.05) is 47.5 Å². The number of anilines is 2. The first-order valence-electron chi connectivity index (χ1n) is 11.2. The summed E-state index contributed by atoms with van der Waals surface area (Å²) in [5.41, 5.74) is 6.88. The second-order valence-corrected chi connectivity index (χ2v) is 8.34. The predicted molar refractivity (Wildman–Crippen MR) is 133 cm³/mol. The Hall–Kier alpha value is -4.85. The minimum absolute atomic E-state index is 0.00591. The lowest BCUT2D eigenvalue weighted by Gasteiger charge is -2.15. The molecule has 4 heterocycles. The summed E-state index contributed by atoms with van der Waals surface area (Å²) in [5, 5.41) is 10.2. The SMILES string of the molecule is O=C(c1ccncc1)N1Cc2ccc(-c3nccc(Nc4ccc(-c5cn[nH]c5)cc4)n3)cc2C1. The van der Waals surface area contributed by atoms with Crippen molar-refractivity contribution in [3.63, 3.8) is 0 Å². The summed E-state index contributed by atoms with van der Waals surface area (Å²) in [6.07, 6.45) is 8.69. The van der Waals surface area contributed by atoms with Crippen molar-refractivity contribution in [1.82, 2.24) is 30.0 Å². The van der Waals surface area contributed by atoms with Crippen LogP contribution in [-0.4, -0.2) is 36.0 Å². The number of fused-ring (bicyclic) bond motifs is 1. The number of hydrogen-bond acceptors (Lipinski definition) is 6. The van der Waals surface area contributed by atoms with E-state index in [-0.39, 0.29) is 5.91 Å². The summed E-state index contributed by atoms with van der Waals surface area (Å²) >= 11 is 0. The van der Waals surface area contributed by atoms with Crippen molar-refractivity contribution in [3.8, 4) is 22.5 Å². The number of aromatic amines is 1. The van der Waals surface area contributed by atoms with Crippen LogP contribution in [0.4, 0.5) is 11.5 Å². The van der Waals surface area contributed by atoms with Crippen LogP contribution in [0.25, 0.3) is 22.5 Å². The van der Waals surface area contributed by atoms with Crippen molar-refractivity contribution in [1.29, 1.82) is 0 Å². The van der Waals surface area contributed by atoms with Crippen LogP contribution in [-0.2, 0) is 13.1 Å². The zero-order valence-corrected chi connectivity index (χ0v) is 18.7. The summed E-state index contributed by atoms with van der Waals surface area (Å²) in [4.78, 5) is 27.9. The monoisotopic (exact) mass is 459 g/mol. The van der Waals surface area contributed by atoms with Gasteiger partial charge in [-0.25, -0.2) is 9.97 Å². The molecule has 2 N–H and O–H groups in total. The van der Waals surface area contributed by atoms with Crippen molar-refractivity contribution in [2.45, 2.75) is 13.1 Å². The Morgan fingerprint density at radius 2 is 1.66 bits per heavy atom. The molecule has 8 nitrogen and oxygen atoms in total. The highest BCUT2D eigenvalue weighted by Crippen LogP contribution is 2.29. The number of carbonyl (C=O) groups excluding carboxylic acids is 1. The van der Waals surface area contributed by atoms with E-state index in [4.69, 9.17) is 4.98 Å². The van der Waals surface area contributed by atoms with Gasteiger partial charge in [-0.15, -0.1) is 0 Å². The molecule has 0 radical (unpaired) electrons. The fraction of sp³-hybridized carbons (Fsp3) is 0.0741. The Labute approximate surface area is 201 Å². The van der Waals surface area contributed by atoms with Crippen LogP contribution in [0.1, 0.15) is 21.5 Å². The van der Waals surface area contributed by atoms with Crippen LogP contribution >= 0.6 is 0 Å². The van der Waals surface area contributed by atoms with E-state index in [1.54, 1.807) is 36.9 Å². The number of carbonyl (C=O) groups is 1. The molecule has 3 aromatic heterocycles. The Balaban J connectivity index is 1.18. The molecule has 1 aliphatic rings. The highest BCUT2D eigenvalue weighted by Gasteiger charge is 2.24. The zero-order valence-electron chi connectivity index (χ0n) is 18.7. The molecule has 0 unspecified atom stereocenters. The normalized spacial score (nSPS) is 12.4. The van der Waals surface area contributed by atoms with Gasteiger partial charge in [-0.1, -0.05) is 24.3 Å². The van der Waals surface area contributed by atoms with Crippen molar-refractivity contribution >= 4 is 17.4 Å². The van der Waals surface area contributed by atoms with Crippen molar-refractivity contribution < 1.29 is 4.79 Å². The van der Waals surface area contributed by atoms with Crippen LogP contribution in [0.5, 0.6) is 0 Å². The van der Waals surface area contributed by atoms with Gasteiger partial charge in [0.05, 0.1) is 6.20 Å². The van der Waals surface area contributed by atoms with E-state index < -0.39 is 0 Å². The van der Waals surface area contributed by atoms with Gasteiger partial charge in [0.15, 0.2) is 5.82 Å².